The van der Waals surface area contributed by atoms with Crippen LogP contribution in [-0.2, 0) is 4.79 Å². The van der Waals surface area contributed by atoms with Crippen LogP contribution in [0.2, 0.25) is 0 Å². The van der Waals surface area contributed by atoms with Crippen LogP contribution in [0.5, 0.6) is 0 Å². The van der Waals surface area contributed by atoms with Crippen molar-refractivity contribution in [2.24, 2.45) is 0 Å². The predicted molar refractivity (Wildman–Crippen MR) is 336 cm³/mol. The van der Waals surface area contributed by atoms with Gasteiger partial charge in [-0.25, -0.2) is 0 Å². The van der Waals surface area contributed by atoms with Crippen LogP contribution in [0.1, 0.15) is 303 Å². The summed E-state index contributed by atoms with van der Waals surface area (Å²) in [5.74, 6) is -0.0806. The first kappa shape index (κ1) is 71.8. The fourth-order valence-corrected chi connectivity index (χ4v) is 9.33. The zero-order chi connectivity index (χ0) is 54.1. The lowest BCUT2D eigenvalue weighted by molar-refractivity contribution is -0.123. The topological polar surface area (TPSA) is 69.6 Å². The maximum Gasteiger partial charge on any atom is 0.220 e. The second-order valence-corrected chi connectivity index (χ2v) is 21.4. The number of unbranched alkanes of at least 4 members (excludes halogenated alkanes) is 33. The maximum absolute atomic E-state index is 12.5. The summed E-state index contributed by atoms with van der Waals surface area (Å²) < 4.78 is 0. The Kier molecular flexibility index (Phi) is 62.3. The molecule has 0 aliphatic heterocycles. The van der Waals surface area contributed by atoms with Crippen LogP contribution in [0.3, 0.4) is 0 Å². The van der Waals surface area contributed by atoms with Crippen molar-refractivity contribution < 1.29 is 15.0 Å². The number of hydrogen-bond donors (Lipinski definition) is 3. The average molecular weight is 1040 g/mol. The van der Waals surface area contributed by atoms with Crippen LogP contribution in [0, 0.1) is 0 Å². The van der Waals surface area contributed by atoms with E-state index >= 15 is 0 Å². The summed E-state index contributed by atoms with van der Waals surface area (Å²) in [5, 5.41) is 23.2. The molecule has 0 aliphatic rings. The summed E-state index contributed by atoms with van der Waals surface area (Å²) in [7, 11) is 0. The first-order chi connectivity index (χ1) is 37.2. The summed E-state index contributed by atoms with van der Waals surface area (Å²) in [6, 6.07) is -0.651. The smallest absolute Gasteiger partial charge is 0.220 e. The van der Waals surface area contributed by atoms with Crippen LogP contribution in [0.25, 0.3) is 0 Å². The first-order valence-electron chi connectivity index (χ1n) is 32.2. The summed E-state index contributed by atoms with van der Waals surface area (Å²) in [6.07, 6.45) is 99.6. The molecule has 0 saturated carbocycles. The molecule has 0 aromatic carbocycles. The van der Waals surface area contributed by atoms with E-state index in [0.717, 1.165) is 89.9 Å². The maximum atomic E-state index is 12.5. The molecule has 4 nitrogen and oxygen atoms in total. The number of allylic oxidation sites excluding steroid dienone is 19. The lowest BCUT2D eigenvalue weighted by atomic mass is 10.0. The minimum atomic E-state index is -0.874. The number of rotatable bonds is 58. The van der Waals surface area contributed by atoms with E-state index in [1.54, 1.807) is 6.08 Å². The van der Waals surface area contributed by atoms with Gasteiger partial charge in [0.05, 0.1) is 18.8 Å². The van der Waals surface area contributed by atoms with Gasteiger partial charge in [-0.15, -0.1) is 0 Å². The summed E-state index contributed by atoms with van der Waals surface area (Å²) in [6.45, 7) is 4.20. The third kappa shape index (κ3) is 61.5. The molecule has 0 saturated heterocycles. The molecular weight excluding hydrogens is 915 g/mol. The summed E-state index contributed by atoms with van der Waals surface area (Å²) in [4.78, 5) is 12.5. The van der Waals surface area contributed by atoms with Crippen LogP contribution in [0.15, 0.2) is 122 Å². The van der Waals surface area contributed by atoms with Crippen molar-refractivity contribution in [3.63, 3.8) is 0 Å². The fraction of sp³-hybridized carbons (Fsp3) is 0.704. The van der Waals surface area contributed by atoms with E-state index in [2.05, 4.69) is 129 Å². The highest BCUT2D eigenvalue weighted by atomic mass is 16.3. The number of carbonyl (C=O) groups excluding carboxylic acids is 1. The largest absolute Gasteiger partial charge is 0.394 e. The number of nitrogens with one attached hydrogen (secondary N) is 1. The molecular formula is C71H123NO3. The van der Waals surface area contributed by atoms with Gasteiger partial charge in [-0.2, -0.15) is 0 Å². The third-order valence-electron chi connectivity index (χ3n) is 14.2. The molecule has 0 spiro atoms. The Morgan fingerprint density at radius 2 is 0.600 bits per heavy atom. The number of aliphatic hydroxyl groups is 2. The van der Waals surface area contributed by atoms with Crippen molar-refractivity contribution in [2.45, 2.75) is 315 Å². The molecule has 0 bridgehead atoms. The highest BCUT2D eigenvalue weighted by molar-refractivity contribution is 5.76. The van der Waals surface area contributed by atoms with Crippen LogP contribution in [-0.4, -0.2) is 34.9 Å². The summed E-state index contributed by atoms with van der Waals surface area (Å²) in [5.41, 5.74) is 0. The fourth-order valence-electron chi connectivity index (χ4n) is 9.33. The molecule has 0 aliphatic carbocycles. The number of aliphatic hydroxyl groups excluding tert-OH is 2. The van der Waals surface area contributed by atoms with E-state index in [-0.39, 0.29) is 12.5 Å². The van der Waals surface area contributed by atoms with Gasteiger partial charge in [0.1, 0.15) is 0 Å². The molecule has 2 atom stereocenters. The standard InChI is InChI=1S/C71H123NO3/c1-3-5-7-9-11-13-15-17-19-21-23-25-27-29-31-33-34-35-36-37-38-39-41-43-45-47-49-51-53-55-57-59-61-63-65-67-71(75)72-69(68-73)70(74)66-64-62-60-58-56-54-52-50-48-46-44-42-40-32-30-28-26-24-22-20-18-16-14-12-10-8-6-4-2/h5,7,11,13,17,19,23,25,29,31,34-35,37-38,41,43,56,58,64,66,69-70,73-74H,3-4,6,8-10,12,14-16,18,20-22,24,26-28,30,32-33,36,39-40,42,44-55,57,59-63,65,67-68H2,1-2H3,(H,72,75)/b7-5-,13-11-,19-17-,25-23-,31-29-,35-34-,38-37-,43-41-,58-56+,66-64+. The molecule has 4 heteroatoms. The molecule has 0 rings (SSSR count). The second-order valence-electron chi connectivity index (χ2n) is 21.4. The Hall–Kier alpha value is -3.21. The van der Waals surface area contributed by atoms with Crippen molar-refractivity contribution >= 4 is 5.91 Å². The zero-order valence-electron chi connectivity index (χ0n) is 49.5. The van der Waals surface area contributed by atoms with Gasteiger partial charge in [0.15, 0.2) is 0 Å². The van der Waals surface area contributed by atoms with Gasteiger partial charge < -0.3 is 15.5 Å². The lowest BCUT2D eigenvalue weighted by Crippen LogP contribution is -2.45. The zero-order valence-corrected chi connectivity index (χ0v) is 49.5. The molecule has 0 radical (unpaired) electrons. The highest BCUT2D eigenvalue weighted by Crippen LogP contribution is 2.17. The summed E-state index contributed by atoms with van der Waals surface area (Å²) >= 11 is 0. The van der Waals surface area contributed by atoms with Gasteiger partial charge in [-0.3, -0.25) is 4.79 Å². The van der Waals surface area contributed by atoms with E-state index in [1.807, 2.05) is 6.08 Å². The molecule has 0 heterocycles. The number of amides is 1. The van der Waals surface area contributed by atoms with Crippen molar-refractivity contribution in [3.05, 3.63) is 122 Å². The predicted octanol–water partition coefficient (Wildman–Crippen LogP) is 22.0. The average Bonchev–Trinajstić information content (AvgIpc) is 3.41. The van der Waals surface area contributed by atoms with Gasteiger partial charge in [-0.05, 0) is 96.3 Å². The Morgan fingerprint density at radius 1 is 0.333 bits per heavy atom. The Bertz CT molecular complexity index is 1460. The molecule has 430 valence electrons. The molecule has 0 fully saturated rings. The first-order valence-corrected chi connectivity index (χ1v) is 32.2. The van der Waals surface area contributed by atoms with Crippen LogP contribution in [0.4, 0.5) is 0 Å². The van der Waals surface area contributed by atoms with Crippen molar-refractivity contribution in [3.8, 4) is 0 Å². The minimum absolute atomic E-state index is 0.0806. The minimum Gasteiger partial charge on any atom is -0.394 e. The SMILES string of the molecule is CC/C=C\C/C=C\C/C=C\C/C=C\C/C=C\C/C=C\C/C=C\C/C=C\CCCCCCCCCCCCC(=O)NC(CO)C(O)/C=C/CC/C=C/CCCCCCCCCCCCCCCCCCCCCCCC. The van der Waals surface area contributed by atoms with Gasteiger partial charge in [-0.1, -0.05) is 322 Å². The van der Waals surface area contributed by atoms with Gasteiger partial charge in [0.25, 0.3) is 0 Å². The van der Waals surface area contributed by atoms with Crippen molar-refractivity contribution in [1.82, 2.24) is 5.32 Å². The van der Waals surface area contributed by atoms with Gasteiger partial charge in [0.2, 0.25) is 5.91 Å². The Morgan fingerprint density at radius 3 is 0.933 bits per heavy atom. The van der Waals surface area contributed by atoms with Gasteiger partial charge >= 0.3 is 0 Å². The van der Waals surface area contributed by atoms with E-state index in [4.69, 9.17) is 0 Å². The third-order valence-corrected chi connectivity index (χ3v) is 14.2. The molecule has 75 heavy (non-hydrogen) atoms. The second kappa shape index (κ2) is 65.1. The molecule has 0 aromatic rings. The molecule has 0 aromatic heterocycles. The van der Waals surface area contributed by atoms with Crippen LogP contribution >= 0.6 is 0 Å². The number of carbonyl (C=O) groups is 1. The van der Waals surface area contributed by atoms with E-state index in [0.29, 0.717) is 6.42 Å². The molecule has 1 amide bonds. The highest BCUT2D eigenvalue weighted by Gasteiger charge is 2.18. The lowest BCUT2D eigenvalue weighted by Gasteiger charge is -2.19. The van der Waals surface area contributed by atoms with Gasteiger partial charge in [0, 0.05) is 6.42 Å². The Balaban J connectivity index is 3.58. The quantitative estimate of drug-likeness (QED) is 0.0420. The monoisotopic (exact) mass is 1040 g/mol. The van der Waals surface area contributed by atoms with E-state index in [9.17, 15) is 15.0 Å². The molecule has 2 unspecified atom stereocenters. The van der Waals surface area contributed by atoms with Crippen LogP contribution < -0.4 is 5.32 Å². The van der Waals surface area contributed by atoms with E-state index < -0.39 is 12.1 Å². The number of hydrogen-bond acceptors (Lipinski definition) is 3. The molecule has 3 N–H and O–H groups in total. The van der Waals surface area contributed by atoms with Crippen molar-refractivity contribution in [1.29, 1.82) is 0 Å². The van der Waals surface area contributed by atoms with Crippen molar-refractivity contribution in [2.75, 3.05) is 6.61 Å². The normalized spacial score (nSPS) is 13.6. The van der Waals surface area contributed by atoms with E-state index in [1.165, 1.54) is 193 Å². The Labute approximate surface area is 467 Å².